The third-order valence-corrected chi connectivity index (χ3v) is 2.33. The van der Waals surface area contributed by atoms with Crippen molar-refractivity contribution in [3.05, 3.63) is 40.7 Å². The van der Waals surface area contributed by atoms with Gasteiger partial charge in [-0.2, -0.15) is 10.5 Å². The smallest absolute Gasteiger partial charge is 0.130 e. The van der Waals surface area contributed by atoms with Gasteiger partial charge in [-0.05, 0) is 29.3 Å². The van der Waals surface area contributed by atoms with Crippen LogP contribution in [0.1, 0.15) is 11.1 Å². The van der Waals surface area contributed by atoms with Gasteiger partial charge in [-0.1, -0.05) is 22.0 Å². The second-order valence-electron chi connectivity index (χ2n) is 2.81. The van der Waals surface area contributed by atoms with Crippen LogP contribution in [0.15, 0.2) is 23.8 Å². The summed E-state index contributed by atoms with van der Waals surface area (Å²) in [5, 5.41) is 17.6. The van der Waals surface area contributed by atoms with Crippen LogP contribution in [0.25, 0.3) is 6.08 Å². The van der Waals surface area contributed by atoms with Gasteiger partial charge >= 0.3 is 0 Å². The van der Waals surface area contributed by atoms with Gasteiger partial charge in [0.2, 0.25) is 0 Å². The van der Waals surface area contributed by atoms with E-state index in [4.69, 9.17) is 10.5 Å². The summed E-state index contributed by atoms with van der Waals surface area (Å²) in [6.45, 7) is 0. The molecule has 0 saturated heterocycles. The first-order valence-electron chi connectivity index (χ1n) is 4.07. The van der Waals surface area contributed by atoms with Gasteiger partial charge in [0.25, 0.3) is 0 Å². The maximum Gasteiger partial charge on any atom is 0.130 e. The first kappa shape index (κ1) is 11.4. The number of allylic oxidation sites excluding steroid dienone is 1. The van der Waals surface area contributed by atoms with Crippen molar-refractivity contribution in [2.24, 2.45) is 0 Å². The van der Waals surface area contributed by atoms with Crippen LogP contribution in [0.3, 0.4) is 0 Å². The standard InChI is InChI=1S/C11H6BrFN2/c12-5-9-1-8(3-11(13)4-9)2-10(6-14)7-15/h1-4H,5H2. The summed E-state index contributed by atoms with van der Waals surface area (Å²) in [6, 6.07) is 7.83. The summed E-state index contributed by atoms with van der Waals surface area (Å²) in [5.41, 5.74) is 1.24. The summed E-state index contributed by atoms with van der Waals surface area (Å²) in [6.07, 6.45) is 1.36. The van der Waals surface area contributed by atoms with Gasteiger partial charge in [0.05, 0.1) is 0 Å². The van der Waals surface area contributed by atoms with Gasteiger partial charge in [-0.3, -0.25) is 0 Å². The minimum atomic E-state index is -0.381. The zero-order valence-electron chi connectivity index (χ0n) is 7.67. The zero-order valence-corrected chi connectivity index (χ0v) is 9.25. The van der Waals surface area contributed by atoms with Crippen LogP contribution in [0.4, 0.5) is 4.39 Å². The van der Waals surface area contributed by atoms with E-state index >= 15 is 0 Å². The second kappa shape index (κ2) is 5.29. The third kappa shape index (κ3) is 3.19. The Balaban J connectivity index is 3.17. The van der Waals surface area contributed by atoms with Crippen molar-refractivity contribution >= 4 is 22.0 Å². The Kier molecular flexibility index (Phi) is 4.03. The molecule has 0 saturated carbocycles. The van der Waals surface area contributed by atoms with E-state index in [1.54, 1.807) is 18.2 Å². The van der Waals surface area contributed by atoms with Crippen LogP contribution < -0.4 is 0 Å². The fourth-order valence-electron chi connectivity index (χ4n) is 1.09. The highest BCUT2D eigenvalue weighted by molar-refractivity contribution is 9.08. The molecule has 4 heteroatoms. The fraction of sp³-hybridized carbons (Fsp3) is 0.0909. The molecule has 0 fully saturated rings. The number of nitrogens with zero attached hydrogens (tertiary/aromatic N) is 2. The van der Waals surface area contributed by atoms with Crippen molar-refractivity contribution in [3.63, 3.8) is 0 Å². The van der Waals surface area contributed by atoms with Crippen molar-refractivity contribution < 1.29 is 4.39 Å². The maximum absolute atomic E-state index is 13.1. The van der Waals surface area contributed by atoms with E-state index in [1.165, 1.54) is 18.2 Å². The molecule has 2 nitrogen and oxygen atoms in total. The predicted octanol–water partition coefficient (Wildman–Crippen LogP) is 3.15. The van der Waals surface area contributed by atoms with Gasteiger partial charge < -0.3 is 0 Å². The molecule has 0 atom stereocenters. The summed E-state index contributed by atoms with van der Waals surface area (Å²) < 4.78 is 13.1. The van der Waals surface area contributed by atoms with E-state index < -0.39 is 0 Å². The van der Waals surface area contributed by atoms with Crippen LogP contribution in [0.2, 0.25) is 0 Å². The molecule has 0 aliphatic rings. The average molecular weight is 265 g/mol. The lowest BCUT2D eigenvalue weighted by Crippen LogP contribution is -1.85. The minimum Gasteiger partial charge on any atom is -0.207 e. The normalized spacial score (nSPS) is 8.80. The van der Waals surface area contributed by atoms with E-state index in [1.807, 2.05) is 0 Å². The van der Waals surface area contributed by atoms with Crippen LogP contribution >= 0.6 is 15.9 Å². The van der Waals surface area contributed by atoms with E-state index in [0.29, 0.717) is 10.9 Å². The molecule has 1 rings (SSSR count). The molecule has 1 aromatic carbocycles. The molecule has 1 aromatic rings. The molecule has 0 radical (unpaired) electrons. The monoisotopic (exact) mass is 264 g/mol. The number of benzene rings is 1. The number of hydrogen-bond donors (Lipinski definition) is 0. The van der Waals surface area contributed by atoms with Crippen molar-refractivity contribution in [2.75, 3.05) is 0 Å². The molecule has 0 aromatic heterocycles. The lowest BCUT2D eigenvalue weighted by atomic mass is 10.1. The number of hydrogen-bond acceptors (Lipinski definition) is 2. The van der Waals surface area contributed by atoms with Gasteiger partial charge in [0.1, 0.15) is 23.5 Å². The number of rotatable bonds is 2. The number of halogens is 2. The van der Waals surface area contributed by atoms with Crippen molar-refractivity contribution in [2.45, 2.75) is 5.33 Å². The lowest BCUT2D eigenvalue weighted by Gasteiger charge is -1.99. The Morgan fingerprint density at radius 2 is 2.00 bits per heavy atom. The van der Waals surface area contributed by atoms with Gasteiger partial charge in [0, 0.05) is 5.33 Å². The third-order valence-electron chi connectivity index (χ3n) is 1.69. The van der Waals surface area contributed by atoms with Gasteiger partial charge in [0.15, 0.2) is 0 Å². The SMILES string of the molecule is N#CC(C#N)=Cc1cc(F)cc(CBr)c1. The van der Waals surface area contributed by atoms with E-state index in [9.17, 15) is 4.39 Å². The van der Waals surface area contributed by atoms with E-state index in [0.717, 1.165) is 5.56 Å². The van der Waals surface area contributed by atoms with Gasteiger partial charge in [-0.25, -0.2) is 4.39 Å². The van der Waals surface area contributed by atoms with E-state index in [-0.39, 0.29) is 11.4 Å². The number of alkyl halides is 1. The van der Waals surface area contributed by atoms with Crippen LogP contribution in [-0.4, -0.2) is 0 Å². The molecule has 0 spiro atoms. The zero-order chi connectivity index (χ0) is 11.3. The van der Waals surface area contributed by atoms with Crippen LogP contribution in [0.5, 0.6) is 0 Å². The van der Waals surface area contributed by atoms with Gasteiger partial charge in [-0.15, -0.1) is 0 Å². The van der Waals surface area contributed by atoms with Crippen molar-refractivity contribution in [1.82, 2.24) is 0 Å². The lowest BCUT2D eigenvalue weighted by molar-refractivity contribution is 0.626. The van der Waals surface area contributed by atoms with Crippen molar-refractivity contribution in [3.8, 4) is 12.1 Å². The molecule has 0 aliphatic heterocycles. The molecule has 0 N–H and O–H groups in total. The molecule has 15 heavy (non-hydrogen) atoms. The topological polar surface area (TPSA) is 47.6 Å². The molecule has 0 amide bonds. The fourth-order valence-corrected chi connectivity index (χ4v) is 1.42. The Bertz CT molecular complexity index is 464. The first-order chi connectivity index (χ1) is 7.19. The number of nitriles is 2. The quantitative estimate of drug-likeness (QED) is 0.609. The van der Waals surface area contributed by atoms with Crippen LogP contribution in [0, 0.1) is 28.5 Å². The van der Waals surface area contributed by atoms with Crippen molar-refractivity contribution in [1.29, 1.82) is 10.5 Å². The Labute approximate surface area is 95.4 Å². The average Bonchev–Trinajstić information content (AvgIpc) is 2.25. The summed E-state index contributed by atoms with van der Waals surface area (Å²) in [4.78, 5) is 0. The molecule has 0 unspecified atom stereocenters. The molecule has 0 heterocycles. The largest absolute Gasteiger partial charge is 0.207 e. The molecule has 74 valence electrons. The summed E-state index contributed by atoms with van der Waals surface area (Å²) >= 11 is 3.21. The highest BCUT2D eigenvalue weighted by Crippen LogP contribution is 2.14. The van der Waals surface area contributed by atoms with E-state index in [2.05, 4.69) is 15.9 Å². The summed E-state index contributed by atoms with van der Waals surface area (Å²) in [7, 11) is 0. The second-order valence-corrected chi connectivity index (χ2v) is 3.37. The maximum atomic E-state index is 13.1. The molecular weight excluding hydrogens is 259 g/mol. The predicted molar refractivity (Wildman–Crippen MR) is 58.2 cm³/mol. The highest BCUT2D eigenvalue weighted by Gasteiger charge is 2.00. The summed E-state index contributed by atoms with van der Waals surface area (Å²) in [5.74, 6) is -0.381. The molecule has 0 aliphatic carbocycles. The Hall–Kier alpha value is -1.65. The molecule has 0 bridgehead atoms. The molecular formula is C11H6BrFN2. The highest BCUT2D eigenvalue weighted by atomic mass is 79.9. The van der Waals surface area contributed by atoms with Crippen LogP contribution in [-0.2, 0) is 5.33 Å². The minimum absolute atomic E-state index is 0.0406. The Morgan fingerprint density at radius 1 is 1.33 bits per heavy atom. The first-order valence-corrected chi connectivity index (χ1v) is 5.19. The Morgan fingerprint density at radius 3 is 2.53 bits per heavy atom.